The molecule has 0 aliphatic carbocycles. The zero-order valence-electron chi connectivity index (χ0n) is 14.7. The molecule has 0 saturated carbocycles. The number of methoxy groups -OCH3 is 4. The van der Waals surface area contributed by atoms with E-state index in [1.165, 1.54) is 21.3 Å². The summed E-state index contributed by atoms with van der Waals surface area (Å²) in [6.07, 6.45) is -1.34. The lowest BCUT2D eigenvalue weighted by Crippen LogP contribution is -2.31. The lowest BCUT2D eigenvalue weighted by atomic mass is 10.1. The van der Waals surface area contributed by atoms with E-state index in [4.69, 9.17) is 14.2 Å². The first-order valence-corrected chi connectivity index (χ1v) is 7.50. The first-order chi connectivity index (χ1) is 11.9. The second-order valence-corrected chi connectivity index (χ2v) is 4.97. The molecule has 0 spiro atoms. The number of hydrogen-bond donors (Lipinski definition) is 0. The summed E-state index contributed by atoms with van der Waals surface area (Å²) in [5, 5.41) is 0. The van der Waals surface area contributed by atoms with Gasteiger partial charge in [0.25, 0.3) is 0 Å². The van der Waals surface area contributed by atoms with Gasteiger partial charge in [-0.3, -0.25) is 9.59 Å². The minimum Gasteiger partial charge on any atom is -0.493 e. The van der Waals surface area contributed by atoms with Crippen LogP contribution in [0.25, 0.3) is 0 Å². The fourth-order valence-corrected chi connectivity index (χ4v) is 2.04. The molecule has 0 aliphatic rings. The minimum atomic E-state index is -1.32. The zero-order chi connectivity index (χ0) is 18.8. The van der Waals surface area contributed by atoms with Gasteiger partial charge in [0.2, 0.25) is 6.10 Å². The third-order valence-electron chi connectivity index (χ3n) is 3.38. The Labute approximate surface area is 145 Å². The van der Waals surface area contributed by atoms with Crippen molar-refractivity contribution in [3.8, 4) is 11.5 Å². The summed E-state index contributed by atoms with van der Waals surface area (Å²) in [5.74, 6) is -0.994. The highest BCUT2D eigenvalue weighted by molar-refractivity contribution is 5.84. The van der Waals surface area contributed by atoms with E-state index in [2.05, 4.69) is 9.47 Å². The standard InChI is InChI=1S/C17H22O8/c1-21-12-7-5-11(9-13(12)22-2)6-8-15(18)25-14(17(20)24-4)10-16(19)23-3/h5,7,9,14H,6,8,10H2,1-4H3. The van der Waals surface area contributed by atoms with Crippen molar-refractivity contribution in [3.05, 3.63) is 23.8 Å². The van der Waals surface area contributed by atoms with Crippen molar-refractivity contribution in [2.24, 2.45) is 0 Å². The maximum atomic E-state index is 12.0. The van der Waals surface area contributed by atoms with Crippen LogP contribution in [0.2, 0.25) is 0 Å². The van der Waals surface area contributed by atoms with Gasteiger partial charge >= 0.3 is 17.9 Å². The highest BCUT2D eigenvalue weighted by Gasteiger charge is 2.27. The molecule has 0 heterocycles. The van der Waals surface area contributed by atoms with Gasteiger partial charge in [0, 0.05) is 6.42 Å². The van der Waals surface area contributed by atoms with E-state index < -0.39 is 30.4 Å². The molecule has 0 saturated heterocycles. The van der Waals surface area contributed by atoms with Gasteiger partial charge in [-0.25, -0.2) is 4.79 Å². The normalized spacial score (nSPS) is 11.2. The SMILES string of the molecule is COC(=O)CC(OC(=O)CCc1ccc(OC)c(OC)c1)C(=O)OC. The molecule has 1 aromatic carbocycles. The number of hydrogen-bond acceptors (Lipinski definition) is 8. The largest absolute Gasteiger partial charge is 0.493 e. The summed E-state index contributed by atoms with van der Waals surface area (Å²) in [6, 6.07) is 5.27. The molecule has 1 unspecified atom stereocenters. The Morgan fingerprint density at radius 2 is 1.60 bits per heavy atom. The van der Waals surface area contributed by atoms with Crippen LogP contribution in [0, 0.1) is 0 Å². The Hall–Kier alpha value is -2.77. The van der Waals surface area contributed by atoms with E-state index in [9.17, 15) is 14.4 Å². The molecule has 0 amide bonds. The van der Waals surface area contributed by atoms with Gasteiger partial charge in [-0.2, -0.15) is 0 Å². The molecule has 0 bridgehead atoms. The second-order valence-electron chi connectivity index (χ2n) is 4.97. The molecular formula is C17H22O8. The molecule has 8 heteroatoms. The van der Waals surface area contributed by atoms with Crippen LogP contribution in [0.3, 0.4) is 0 Å². The van der Waals surface area contributed by atoms with Gasteiger partial charge in [0.05, 0.1) is 34.9 Å². The summed E-state index contributed by atoms with van der Waals surface area (Å²) >= 11 is 0. The minimum absolute atomic E-state index is 0.0180. The first-order valence-electron chi connectivity index (χ1n) is 7.50. The van der Waals surface area contributed by atoms with Gasteiger partial charge in [0.1, 0.15) is 0 Å². The monoisotopic (exact) mass is 354 g/mol. The van der Waals surface area contributed by atoms with Crippen molar-refractivity contribution in [2.75, 3.05) is 28.4 Å². The van der Waals surface area contributed by atoms with Crippen LogP contribution in [-0.4, -0.2) is 52.5 Å². The molecule has 138 valence electrons. The number of carbonyl (C=O) groups is 3. The van der Waals surface area contributed by atoms with Crippen LogP contribution in [0.15, 0.2) is 18.2 Å². The van der Waals surface area contributed by atoms with Crippen LogP contribution in [0.4, 0.5) is 0 Å². The van der Waals surface area contributed by atoms with Gasteiger partial charge in [-0.15, -0.1) is 0 Å². The van der Waals surface area contributed by atoms with Crippen molar-refractivity contribution in [1.29, 1.82) is 0 Å². The summed E-state index contributed by atoms with van der Waals surface area (Å²) in [7, 11) is 5.37. The highest BCUT2D eigenvalue weighted by atomic mass is 16.6. The van der Waals surface area contributed by atoms with E-state index in [-0.39, 0.29) is 6.42 Å². The molecule has 0 radical (unpaired) electrons. The van der Waals surface area contributed by atoms with E-state index >= 15 is 0 Å². The lowest BCUT2D eigenvalue weighted by Gasteiger charge is -2.15. The van der Waals surface area contributed by atoms with Crippen molar-refractivity contribution >= 4 is 17.9 Å². The predicted molar refractivity (Wildman–Crippen MR) is 86.4 cm³/mol. The Bertz CT molecular complexity index is 611. The fraction of sp³-hybridized carbons (Fsp3) is 0.471. The second kappa shape index (κ2) is 10.2. The van der Waals surface area contributed by atoms with Crippen molar-refractivity contribution in [1.82, 2.24) is 0 Å². The zero-order valence-corrected chi connectivity index (χ0v) is 14.7. The smallest absolute Gasteiger partial charge is 0.347 e. The maximum absolute atomic E-state index is 12.0. The van der Waals surface area contributed by atoms with E-state index in [0.29, 0.717) is 17.9 Å². The number of benzene rings is 1. The van der Waals surface area contributed by atoms with Gasteiger partial charge in [-0.1, -0.05) is 6.07 Å². The number of esters is 3. The highest BCUT2D eigenvalue weighted by Crippen LogP contribution is 2.28. The molecule has 0 aromatic heterocycles. The Kier molecular flexibility index (Phi) is 8.25. The Morgan fingerprint density at radius 3 is 2.16 bits per heavy atom. The summed E-state index contributed by atoms with van der Waals surface area (Å²) in [4.78, 5) is 34.8. The topological polar surface area (TPSA) is 97.4 Å². The number of rotatable bonds is 9. The van der Waals surface area contributed by atoms with E-state index in [1.54, 1.807) is 18.2 Å². The lowest BCUT2D eigenvalue weighted by molar-refractivity contribution is -0.169. The van der Waals surface area contributed by atoms with Crippen molar-refractivity contribution < 1.29 is 38.1 Å². The van der Waals surface area contributed by atoms with Gasteiger partial charge in [-0.05, 0) is 24.1 Å². The molecule has 0 aliphatic heterocycles. The summed E-state index contributed by atoms with van der Waals surface area (Å²) in [6.45, 7) is 0. The van der Waals surface area contributed by atoms with Crippen molar-refractivity contribution in [3.63, 3.8) is 0 Å². The number of carbonyl (C=O) groups excluding carboxylic acids is 3. The van der Waals surface area contributed by atoms with Gasteiger partial charge in [0.15, 0.2) is 11.5 Å². The predicted octanol–water partition coefficient (Wildman–Crippen LogP) is 1.28. The maximum Gasteiger partial charge on any atom is 0.347 e. The summed E-state index contributed by atoms with van der Waals surface area (Å²) < 4.78 is 24.4. The van der Waals surface area contributed by atoms with Crippen LogP contribution in [-0.2, 0) is 35.0 Å². The van der Waals surface area contributed by atoms with Crippen molar-refractivity contribution in [2.45, 2.75) is 25.4 Å². The Balaban J connectivity index is 2.65. The quantitative estimate of drug-likeness (QED) is 0.483. The number of aryl methyl sites for hydroxylation is 1. The number of ether oxygens (including phenoxy) is 5. The molecule has 25 heavy (non-hydrogen) atoms. The van der Waals surface area contributed by atoms with Crippen LogP contribution in [0.1, 0.15) is 18.4 Å². The van der Waals surface area contributed by atoms with Crippen LogP contribution < -0.4 is 9.47 Å². The molecule has 0 N–H and O–H groups in total. The molecule has 1 rings (SSSR count). The van der Waals surface area contributed by atoms with E-state index in [0.717, 1.165) is 12.7 Å². The van der Waals surface area contributed by atoms with Crippen LogP contribution in [0.5, 0.6) is 11.5 Å². The molecular weight excluding hydrogens is 332 g/mol. The Morgan fingerprint density at radius 1 is 0.920 bits per heavy atom. The fourth-order valence-electron chi connectivity index (χ4n) is 2.04. The molecule has 0 fully saturated rings. The molecule has 1 aromatic rings. The van der Waals surface area contributed by atoms with Gasteiger partial charge < -0.3 is 23.7 Å². The first kappa shape index (κ1) is 20.3. The third kappa shape index (κ3) is 6.33. The van der Waals surface area contributed by atoms with E-state index in [1.807, 2.05) is 0 Å². The molecule has 1 atom stereocenters. The average molecular weight is 354 g/mol. The third-order valence-corrected chi connectivity index (χ3v) is 3.38. The summed E-state index contributed by atoms with van der Waals surface area (Å²) in [5.41, 5.74) is 0.831. The average Bonchev–Trinajstić information content (AvgIpc) is 2.64. The molecule has 8 nitrogen and oxygen atoms in total. The van der Waals surface area contributed by atoms with Crippen LogP contribution >= 0.6 is 0 Å².